The van der Waals surface area contributed by atoms with Crippen LogP contribution in [0.1, 0.15) is 23.6 Å². The SMILES string of the molecule is COc1ccc(C(C)=NN2CCN(Cc3ccc(C)cc3)CC2)cc1. The fourth-order valence-corrected chi connectivity index (χ4v) is 3.05. The predicted molar refractivity (Wildman–Crippen MR) is 103 cm³/mol. The van der Waals surface area contributed by atoms with Gasteiger partial charge in [0.15, 0.2) is 0 Å². The van der Waals surface area contributed by atoms with Crippen LogP contribution in [0.15, 0.2) is 53.6 Å². The van der Waals surface area contributed by atoms with Crippen molar-refractivity contribution in [3.63, 3.8) is 0 Å². The van der Waals surface area contributed by atoms with E-state index >= 15 is 0 Å². The molecule has 2 aromatic carbocycles. The number of methoxy groups -OCH3 is 1. The second-order valence-electron chi connectivity index (χ2n) is 6.63. The van der Waals surface area contributed by atoms with Gasteiger partial charge in [-0.3, -0.25) is 9.91 Å². The summed E-state index contributed by atoms with van der Waals surface area (Å²) in [6, 6.07) is 16.9. The van der Waals surface area contributed by atoms with Gasteiger partial charge in [-0.1, -0.05) is 29.8 Å². The van der Waals surface area contributed by atoms with Gasteiger partial charge in [-0.25, -0.2) is 0 Å². The minimum Gasteiger partial charge on any atom is -0.497 e. The molecule has 1 heterocycles. The highest BCUT2D eigenvalue weighted by Crippen LogP contribution is 2.14. The number of hydrogen-bond donors (Lipinski definition) is 0. The first-order valence-corrected chi connectivity index (χ1v) is 8.86. The minimum absolute atomic E-state index is 0.876. The molecule has 0 N–H and O–H groups in total. The van der Waals surface area contributed by atoms with Crippen LogP contribution in [0.4, 0.5) is 0 Å². The Morgan fingerprint density at radius 3 is 2.20 bits per heavy atom. The lowest BCUT2D eigenvalue weighted by atomic mass is 10.1. The molecule has 0 spiro atoms. The van der Waals surface area contributed by atoms with Crippen LogP contribution in [0.2, 0.25) is 0 Å². The van der Waals surface area contributed by atoms with Crippen molar-refractivity contribution in [2.24, 2.45) is 5.10 Å². The Morgan fingerprint density at radius 1 is 0.960 bits per heavy atom. The molecule has 0 amide bonds. The van der Waals surface area contributed by atoms with Gasteiger partial charge < -0.3 is 4.74 Å². The highest BCUT2D eigenvalue weighted by Gasteiger charge is 2.16. The van der Waals surface area contributed by atoms with Gasteiger partial charge >= 0.3 is 0 Å². The lowest BCUT2D eigenvalue weighted by Gasteiger charge is -2.33. The third-order valence-electron chi connectivity index (χ3n) is 4.67. The van der Waals surface area contributed by atoms with E-state index < -0.39 is 0 Å². The molecule has 4 nitrogen and oxygen atoms in total. The summed E-state index contributed by atoms with van der Waals surface area (Å²) in [5, 5.41) is 6.98. The zero-order valence-electron chi connectivity index (χ0n) is 15.4. The van der Waals surface area contributed by atoms with Crippen molar-refractivity contribution in [2.75, 3.05) is 33.3 Å². The lowest BCUT2D eigenvalue weighted by Crippen LogP contribution is -2.43. The second-order valence-corrected chi connectivity index (χ2v) is 6.63. The van der Waals surface area contributed by atoms with Crippen molar-refractivity contribution < 1.29 is 4.74 Å². The molecule has 0 radical (unpaired) electrons. The molecule has 0 bridgehead atoms. The maximum absolute atomic E-state index is 5.21. The minimum atomic E-state index is 0.876. The normalized spacial score (nSPS) is 16.1. The molecule has 3 rings (SSSR count). The molecular formula is C21H27N3O. The maximum Gasteiger partial charge on any atom is 0.118 e. The first-order chi connectivity index (χ1) is 12.1. The molecule has 4 heteroatoms. The Balaban J connectivity index is 1.53. The van der Waals surface area contributed by atoms with Crippen LogP contribution in [0.5, 0.6) is 5.75 Å². The van der Waals surface area contributed by atoms with Crippen molar-refractivity contribution in [1.82, 2.24) is 9.91 Å². The molecule has 0 aromatic heterocycles. The molecule has 1 aliphatic rings. The zero-order valence-corrected chi connectivity index (χ0v) is 15.4. The number of benzene rings is 2. The first-order valence-electron chi connectivity index (χ1n) is 8.86. The number of nitrogens with zero attached hydrogens (tertiary/aromatic N) is 3. The molecule has 1 saturated heterocycles. The smallest absolute Gasteiger partial charge is 0.118 e. The van der Waals surface area contributed by atoms with Crippen LogP contribution in [0, 0.1) is 6.92 Å². The third-order valence-corrected chi connectivity index (χ3v) is 4.67. The van der Waals surface area contributed by atoms with Gasteiger partial charge in [0, 0.05) is 32.7 Å². The van der Waals surface area contributed by atoms with E-state index in [1.165, 1.54) is 11.1 Å². The maximum atomic E-state index is 5.21. The molecular weight excluding hydrogens is 310 g/mol. The summed E-state index contributed by atoms with van der Waals surface area (Å²) < 4.78 is 5.21. The Hall–Kier alpha value is -2.33. The molecule has 132 valence electrons. The van der Waals surface area contributed by atoms with Crippen molar-refractivity contribution in [3.8, 4) is 5.75 Å². The average molecular weight is 337 g/mol. The van der Waals surface area contributed by atoms with E-state index in [2.05, 4.69) is 60.2 Å². The molecule has 0 aliphatic carbocycles. The van der Waals surface area contributed by atoms with Gasteiger partial charge in [0.05, 0.1) is 12.8 Å². The van der Waals surface area contributed by atoms with Gasteiger partial charge in [0.1, 0.15) is 5.75 Å². The largest absolute Gasteiger partial charge is 0.497 e. The zero-order chi connectivity index (χ0) is 17.6. The number of hydrogen-bond acceptors (Lipinski definition) is 4. The summed E-state index contributed by atoms with van der Waals surface area (Å²) >= 11 is 0. The molecule has 1 fully saturated rings. The van der Waals surface area contributed by atoms with Gasteiger partial charge in [-0.2, -0.15) is 5.10 Å². The van der Waals surface area contributed by atoms with Crippen LogP contribution >= 0.6 is 0 Å². The molecule has 1 aliphatic heterocycles. The van der Waals surface area contributed by atoms with Crippen molar-refractivity contribution in [1.29, 1.82) is 0 Å². The topological polar surface area (TPSA) is 28.1 Å². The Kier molecular flexibility index (Phi) is 5.71. The van der Waals surface area contributed by atoms with Crippen molar-refractivity contribution in [2.45, 2.75) is 20.4 Å². The summed E-state index contributed by atoms with van der Waals surface area (Å²) in [5.74, 6) is 0.876. The van der Waals surface area contributed by atoms with E-state index in [-0.39, 0.29) is 0 Å². The van der Waals surface area contributed by atoms with Crippen LogP contribution < -0.4 is 4.74 Å². The molecule has 0 unspecified atom stereocenters. The molecule has 25 heavy (non-hydrogen) atoms. The summed E-state index contributed by atoms with van der Waals surface area (Å²) in [5.41, 5.74) is 4.89. The van der Waals surface area contributed by atoms with Crippen molar-refractivity contribution in [3.05, 3.63) is 65.2 Å². The fraction of sp³-hybridized carbons (Fsp3) is 0.381. The van der Waals surface area contributed by atoms with Crippen molar-refractivity contribution >= 4 is 5.71 Å². The van der Waals surface area contributed by atoms with Gasteiger partial charge in [0.25, 0.3) is 0 Å². The Bertz CT molecular complexity index is 699. The molecule has 2 aromatic rings. The van der Waals surface area contributed by atoms with E-state index in [9.17, 15) is 0 Å². The number of aryl methyl sites for hydroxylation is 1. The number of ether oxygens (including phenoxy) is 1. The van der Waals surface area contributed by atoms with E-state index in [0.717, 1.165) is 49.7 Å². The monoisotopic (exact) mass is 337 g/mol. The molecule has 0 saturated carbocycles. The van der Waals surface area contributed by atoms with E-state index in [4.69, 9.17) is 9.84 Å². The standard InChI is InChI=1S/C21H27N3O/c1-17-4-6-19(7-5-17)16-23-12-14-24(15-13-23)22-18(2)20-8-10-21(25-3)11-9-20/h4-11H,12-16H2,1-3H3. The summed E-state index contributed by atoms with van der Waals surface area (Å²) in [6.45, 7) is 9.26. The van der Waals surface area contributed by atoms with Crippen LogP contribution in [0.3, 0.4) is 0 Å². The predicted octanol–water partition coefficient (Wildman–Crippen LogP) is 3.55. The highest BCUT2D eigenvalue weighted by atomic mass is 16.5. The van der Waals surface area contributed by atoms with E-state index in [1.807, 2.05) is 12.1 Å². The van der Waals surface area contributed by atoms with Crippen LogP contribution in [0.25, 0.3) is 0 Å². The van der Waals surface area contributed by atoms with Gasteiger partial charge in [-0.05, 0) is 49.2 Å². The Labute approximate surface area is 150 Å². The number of hydrazone groups is 1. The quantitative estimate of drug-likeness (QED) is 0.781. The lowest BCUT2D eigenvalue weighted by molar-refractivity contribution is 0.130. The summed E-state index contributed by atoms with van der Waals surface area (Å²) in [6.07, 6.45) is 0. The molecule has 0 atom stereocenters. The highest BCUT2D eigenvalue weighted by molar-refractivity contribution is 5.98. The number of piperazine rings is 1. The van der Waals surface area contributed by atoms with Gasteiger partial charge in [0.2, 0.25) is 0 Å². The third kappa shape index (κ3) is 4.83. The fourth-order valence-electron chi connectivity index (χ4n) is 3.05. The first kappa shape index (κ1) is 17.5. The Morgan fingerprint density at radius 2 is 1.60 bits per heavy atom. The average Bonchev–Trinajstić information content (AvgIpc) is 2.65. The van der Waals surface area contributed by atoms with Gasteiger partial charge in [-0.15, -0.1) is 0 Å². The number of rotatable bonds is 5. The van der Waals surface area contributed by atoms with Crippen LogP contribution in [-0.2, 0) is 6.54 Å². The van der Waals surface area contributed by atoms with E-state index in [1.54, 1.807) is 7.11 Å². The summed E-state index contributed by atoms with van der Waals surface area (Å²) in [7, 11) is 1.69. The summed E-state index contributed by atoms with van der Waals surface area (Å²) in [4.78, 5) is 2.50. The van der Waals surface area contributed by atoms with E-state index in [0.29, 0.717) is 0 Å². The second kappa shape index (κ2) is 8.17. The van der Waals surface area contributed by atoms with Crippen LogP contribution in [-0.4, -0.2) is 48.9 Å².